The molecule has 1 rings (SSSR count). The lowest BCUT2D eigenvalue weighted by Crippen LogP contribution is -2.49. The van der Waals surface area contributed by atoms with Gasteiger partial charge in [0.05, 0.1) is 18.1 Å². The Morgan fingerprint density at radius 1 is 1.41 bits per heavy atom. The van der Waals surface area contributed by atoms with Gasteiger partial charge in [-0.2, -0.15) is 0 Å². The molecule has 0 aliphatic carbocycles. The van der Waals surface area contributed by atoms with Crippen LogP contribution in [0.3, 0.4) is 0 Å². The first kappa shape index (κ1) is 17.7. The summed E-state index contributed by atoms with van der Waals surface area (Å²) in [6.07, 6.45) is 0. The van der Waals surface area contributed by atoms with Crippen LogP contribution >= 0.6 is 0 Å². The van der Waals surface area contributed by atoms with E-state index >= 15 is 0 Å². The van der Waals surface area contributed by atoms with Gasteiger partial charge in [0.2, 0.25) is 0 Å². The topological polar surface area (TPSA) is 96.7 Å². The molecule has 8 nitrogen and oxygen atoms in total. The highest BCUT2D eigenvalue weighted by molar-refractivity contribution is 5.92. The van der Waals surface area contributed by atoms with Gasteiger partial charge in [0.1, 0.15) is 11.4 Å². The van der Waals surface area contributed by atoms with E-state index in [0.29, 0.717) is 12.3 Å². The smallest absolute Gasteiger partial charge is 0.319 e. The molecule has 22 heavy (non-hydrogen) atoms. The van der Waals surface area contributed by atoms with E-state index in [9.17, 15) is 14.9 Å². The van der Waals surface area contributed by atoms with Crippen molar-refractivity contribution in [2.24, 2.45) is 0 Å². The Hall–Kier alpha value is -2.35. The number of carbonyl (C=O) groups excluding carboxylic acids is 1. The average molecular weight is 310 g/mol. The van der Waals surface area contributed by atoms with Crippen LogP contribution in [-0.2, 0) is 0 Å². The molecule has 0 radical (unpaired) electrons. The van der Waals surface area contributed by atoms with Crippen LogP contribution in [0.5, 0.6) is 5.75 Å². The molecule has 2 amide bonds. The number of carbonyl (C=O) groups is 1. The monoisotopic (exact) mass is 310 g/mol. The number of likely N-dealkylation sites (N-methyl/N-ethyl adjacent to an activating group) is 1. The molecule has 0 saturated carbocycles. The van der Waals surface area contributed by atoms with Crippen LogP contribution in [0.25, 0.3) is 0 Å². The molecular weight excluding hydrogens is 288 g/mol. The summed E-state index contributed by atoms with van der Waals surface area (Å²) < 4.78 is 4.95. The standard InChI is InChI=1S/C14H22N4O4/c1-14(2,17(3)4)9-15-13(19)16-11-7-6-10(22-5)8-12(11)18(20)21/h6-8H,9H2,1-5H3,(H2,15,16,19). The van der Waals surface area contributed by atoms with Crippen LogP contribution in [0.2, 0.25) is 0 Å². The highest BCUT2D eigenvalue weighted by Crippen LogP contribution is 2.28. The third-order valence-electron chi connectivity index (χ3n) is 3.54. The Morgan fingerprint density at radius 2 is 2.05 bits per heavy atom. The predicted octanol–water partition coefficient (Wildman–Crippen LogP) is 2.07. The summed E-state index contributed by atoms with van der Waals surface area (Å²) >= 11 is 0. The van der Waals surface area contributed by atoms with E-state index in [2.05, 4.69) is 10.6 Å². The van der Waals surface area contributed by atoms with E-state index in [1.54, 1.807) is 6.07 Å². The Morgan fingerprint density at radius 3 is 2.55 bits per heavy atom. The number of hydrogen-bond acceptors (Lipinski definition) is 5. The van der Waals surface area contributed by atoms with Gasteiger partial charge in [-0.15, -0.1) is 0 Å². The Bertz CT molecular complexity index is 558. The Balaban J connectivity index is 2.78. The Kier molecular flexibility index (Phi) is 5.69. The average Bonchev–Trinajstić information content (AvgIpc) is 2.45. The van der Waals surface area contributed by atoms with Crippen LogP contribution < -0.4 is 15.4 Å². The van der Waals surface area contributed by atoms with Crippen molar-refractivity contribution in [1.29, 1.82) is 0 Å². The first-order chi connectivity index (χ1) is 10.2. The molecule has 0 unspecified atom stereocenters. The maximum absolute atomic E-state index is 11.9. The second kappa shape index (κ2) is 7.08. The number of amides is 2. The Labute approximate surface area is 129 Å². The molecule has 0 heterocycles. The minimum absolute atomic E-state index is 0.117. The minimum atomic E-state index is -0.568. The van der Waals surface area contributed by atoms with Crippen LogP contribution in [0.4, 0.5) is 16.2 Å². The highest BCUT2D eigenvalue weighted by Gasteiger charge is 2.22. The van der Waals surface area contributed by atoms with E-state index in [0.717, 1.165) is 0 Å². The maximum Gasteiger partial charge on any atom is 0.319 e. The van der Waals surface area contributed by atoms with Crippen LogP contribution in [-0.4, -0.2) is 49.1 Å². The lowest BCUT2D eigenvalue weighted by Gasteiger charge is -2.32. The number of nitrogens with one attached hydrogen (secondary N) is 2. The molecule has 2 N–H and O–H groups in total. The molecular formula is C14H22N4O4. The summed E-state index contributed by atoms with van der Waals surface area (Å²) in [5.41, 5.74) is -0.337. The summed E-state index contributed by atoms with van der Waals surface area (Å²) in [4.78, 5) is 24.4. The molecule has 8 heteroatoms. The number of benzene rings is 1. The quantitative estimate of drug-likeness (QED) is 0.619. The number of nitrogens with zero attached hydrogens (tertiary/aromatic N) is 2. The summed E-state index contributed by atoms with van der Waals surface area (Å²) in [6.45, 7) is 4.35. The van der Waals surface area contributed by atoms with Crippen molar-refractivity contribution in [3.63, 3.8) is 0 Å². The molecule has 0 aliphatic rings. The zero-order valence-corrected chi connectivity index (χ0v) is 13.5. The summed E-state index contributed by atoms with van der Waals surface area (Å²) in [7, 11) is 5.24. The number of anilines is 1. The molecule has 122 valence electrons. The van der Waals surface area contributed by atoms with Crippen molar-refractivity contribution in [1.82, 2.24) is 10.2 Å². The predicted molar refractivity (Wildman–Crippen MR) is 84.4 cm³/mol. The molecule has 0 bridgehead atoms. The zero-order chi connectivity index (χ0) is 16.9. The van der Waals surface area contributed by atoms with Crippen molar-refractivity contribution in [3.05, 3.63) is 28.3 Å². The fourth-order valence-electron chi connectivity index (χ4n) is 1.52. The largest absolute Gasteiger partial charge is 0.496 e. The van der Waals surface area contributed by atoms with Crippen LogP contribution in [0, 0.1) is 10.1 Å². The SMILES string of the molecule is COc1ccc(NC(=O)NCC(C)(C)N(C)C)c([N+](=O)[O-])c1. The number of urea groups is 1. The third kappa shape index (κ3) is 4.59. The maximum atomic E-state index is 11.9. The van der Waals surface area contributed by atoms with Gasteiger partial charge in [-0.25, -0.2) is 4.79 Å². The third-order valence-corrected chi connectivity index (χ3v) is 3.54. The normalized spacial score (nSPS) is 11.2. The molecule has 0 spiro atoms. The highest BCUT2D eigenvalue weighted by atomic mass is 16.6. The summed E-state index contributed by atoms with van der Waals surface area (Å²) in [6, 6.07) is 3.75. The fraction of sp³-hybridized carbons (Fsp3) is 0.500. The van der Waals surface area contributed by atoms with E-state index in [1.807, 2.05) is 32.8 Å². The van der Waals surface area contributed by atoms with E-state index in [1.165, 1.54) is 19.2 Å². The molecule has 0 fully saturated rings. The number of nitro groups is 1. The van der Waals surface area contributed by atoms with Gasteiger partial charge >= 0.3 is 6.03 Å². The molecule has 0 atom stereocenters. The second-order valence-electron chi connectivity index (χ2n) is 5.65. The molecule has 0 aromatic heterocycles. The van der Waals surface area contributed by atoms with Gasteiger partial charge in [0, 0.05) is 12.1 Å². The van der Waals surface area contributed by atoms with E-state index in [4.69, 9.17) is 4.74 Å². The molecule has 1 aromatic carbocycles. The van der Waals surface area contributed by atoms with Gasteiger partial charge < -0.3 is 20.3 Å². The number of methoxy groups -OCH3 is 1. The first-order valence-corrected chi connectivity index (χ1v) is 6.72. The second-order valence-corrected chi connectivity index (χ2v) is 5.65. The van der Waals surface area contributed by atoms with Crippen LogP contribution in [0.15, 0.2) is 18.2 Å². The van der Waals surface area contributed by atoms with Gasteiger partial charge in [0.25, 0.3) is 5.69 Å². The van der Waals surface area contributed by atoms with Gasteiger partial charge in [-0.05, 0) is 40.1 Å². The van der Waals surface area contributed by atoms with Crippen molar-refractivity contribution in [3.8, 4) is 5.75 Å². The van der Waals surface area contributed by atoms with Gasteiger partial charge in [-0.3, -0.25) is 10.1 Å². The fourth-order valence-corrected chi connectivity index (χ4v) is 1.52. The minimum Gasteiger partial charge on any atom is -0.496 e. The molecule has 1 aromatic rings. The zero-order valence-electron chi connectivity index (χ0n) is 13.5. The van der Waals surface area contributed by atoms with Crippen LogP contribution in [0.1, 0.15) is 13.8 Å². The number of nitro benzene ring substituents is 1. The van der Waals surface area contributed by atoms with Crippen molar-refractivity contribution < 1.29 is 14.5 Å². The van der Waals surface area contributed by atoms with E-state index < -0.39 is 11.0 Å². The molecule has 0 aliphatic heterocycles. The van der Waals surface area contributed by atoms with Gasteiger partial charge in [0.15, 0.2) is 0 Å². The lowest BCUT2D eigenvalue weighted by atomic mass is 10.1. The number of hydrogen-bond donors (Lipinski definition) is 2. The van der Waals surface area contributed by atoms with E-state index in [-0.39, 0.29) is 16.9 Å². The van der Waals surface area contributed by atoms with Crippen molar-refractivity contribution in [2.75, 3.05) is 33.1 Å². The van der Waals surface area contributed by atoms with Crippen molar-refractivity contribution in [2.45, 2.75) is 19.4 Å². The first-order valence-electron chi connectivity index (χ1n) is 6.72. The summed E-state index contributed by atoms with van der Waals surface area (Å²) in [5.74, 6) is 0.353. The van der Waals surface area contributed by atoms with Crippen molar-refractivity contribution >= 4 is 17.4 Å². The summed E-state index contributed by atoms with van der Waals surface area (Å²) in [5, 5.41) is 16.2. The lowest BCUT2D eigenvalue weighted by molar-refractivity contribution is -0.384. The number of rotatable bonds is 6. The van der Waals surface area contributed by atoms with Gasteiger partial charge in [-0.1, -0.05) is 0 Å². The number of ether oxygens (including phenoxy) is 1. The molecule has 0 saturated heterocycles.